The van der Waals surface area contributed by atoms with Crippen LogP contribution < -0.4 is 5.32 Å². The van der Waals surface area contributed by atoms with Gasteiger partial charge in [-0.25, -0.2) is 0 Å². The molecular formula is C12H17N3OS. The van der Waals surface area contributed by atoms with E-state index >= 15 is 0 Å². The molecule has 2 aromatic heterocycles. The maximum atomic E-state index is 5.34. The lowest BCUT2D eigenvalue weighted by molar-refractivity contribution is 0.490. The van der Waals surface area contributed by atoms with Crippen LogP contribution in [0.5, 0.6) is 0 Å². The summed E-state index contributed by atoms with van der Waals surface area (Å²) in [6, 6.07) is 3.93. The summed E-state index contributed by atoms with van der Waals surface area (Å²) in [6.07, 6.45) is 1.67. The molecule has 0 fully saturated rings. The predicted octanol–water partition coefficient (Wildman–Crippen LogP) is 3.60. The van der Waals surface area contributed by atoms with Crippen LogP contribution >= 0.6 is 11.3 Å². The van der Waals surface area contributed by atoms with Crippen LogP contribution in [0.2, 0.25) is 0 Å². The standard InChI is InChI=1S/C12H17N3OS/c1-8(9-6-5-7-16-9)13-11-15-14-10(17-11)12(2,3)4/h5-8H,1-4H3,(H,13,15). The zero-order valence-electron chi connectivity index (χ0n) is 10.5. The molecule has 4 nitrogen and oxygen atoms in total. The lowest BCUT2D eigenvalue weighted by atomic mass is 9.98. The molecule has 1 atom stereocenters. The van der Waals surface area contributed by atoms with Crippen molar-refractivity contribution in [1.82, 2.24) is 10.2 Å². The van der Waals surface area contributed by atoms with Crippen molar-refractivity contribution in [2.24, 2.45) is 0 Å². The molecule has 2 heterocycles. The highest BCUT2D eigenvalue weighted by molar-refractivity contribution is 7.15. The summed E-state index contributed by atoms with van der Waals surface area (Å²) < 4.78 is 5.34. The Balaban J connectivity index is 2.07. The molecule has 0 aromatic carbocycles. The second-order valence-corrected chi connectivity index (χ2v) is 6.02. The Morgan fingerprint density at radius 1 is 1.35 bits per heavy atom. The summed E-state index contributed by atoms with van der Waals surface area (Å²) in [7, 11) is 0. The number of nitrogens with one attached hydrogen (secondary N) is 1. The SMILES string of the molecule is CC(Nc1nnc(C(C)(C)C)s1)c1ccco1. The van der Waals surface area contributed by atoms with Crippen molar-refractivity contribution in [2.45, 2.75) is 39.2 Å². The lowest BCUT2D eigenvalue weighted by Crippen LogP contribution is -2.10. The molecule has 0 aliphatic rings. The Morgan fingerprint density at radius 2 is 2.12 bits per heavy atom. The molecular weight excluding hydrogens is 234 g/mol. The van der Waals surface area contributed by atoms with Crippen molar-refractivity contribution in [1.29, 1.82) is 0 Å². The van der Waals surface area contributed by atoms with Gasteiger partial charge < -0.3 is 9.73 Å². The number of anilines is 1. The monoisotopic (exact) mass is 251 g/mol. The third kappa shape index (κ3) is 2.85. The van der Waals surface area contributed by atoms with Gasteiger partial charge in [-0.2, -0.15) is 0 Å². The summed E-state index contributed by atoms with van der Waals surface area (Å²) in [6.45, 7) is 8.44. The van der Waals surface area contributed by atoms with E-state index in [1.807, 2.05) is 19.1 Å². The Labute approximate surface area is 105 Å². The number of rotatable bonds is 3. The van der Waals surface area contributed by atoms with Crippen LogP contribution in [0.1, 0.15) is 44.5 Å². The van der Waals surface area contributed by atoms with Gasteiger partial charge in [0.2, 0.25) is 5.13 Å². The second-order valence-electron chi connectivity index (χ2n) is 5.04. The van der Waals surface area contributed by atoms with Crippen LogP contribution in [0.4, 0.5) is 5.13 Å². The van der Waals surface area contributed by atoms with Gasteiger partial charge in [0.1, 0.15) is 10.8 Å². The molecule has 0 radical (unpaired) electrons. The summed E-state index contributed by atoms with van der Waals surface area (Å²) in [4.78, 5) is 0. The molecule has 2 aromatic rings. The van der Waals surface area contributed by atoms with E-state index in [0.717, 1.165) is 15.9 Å². The Morgan fingerprint density at radius 3 is 2.65 bits per heavy atom. The highest BCUT2D eigenvalue weighted by atomic mass is 32.1. The molecule has 0 aliphatic heterocycles. The van der Waals surface area contributed by atoms with Gasteiger partial charge in [0.25, 0.3) is 0 Å². The quantitative estimate of drug-likeness (QED) is 0.905. The fourth-order valence-corrected chi connectivity index (χ4v) is 2.27. The largest absolute Gasteiger partial charge is 0.467 e. The molecule has 92 valence electrons. The van der Waals surface area contributed by atoms with E-state index in [-0.39, 0.29) is 11.5 Å². The first kappa shape index (κ1) is 12.1. The first-order valence-electron chi connectivity index (χ1n) is 5.61. The van der Waals surface area contributed by atoms with Crippen LogP contribution in [-0.4, -0.2) is 10.2 Å². The highest BCUT2D eigenvalue weighted by Gasteiger charge is 2.20. The number of furan rings is 1. The van der Waals surface area contributed by atoms with E-state index in [4.69, 9.17) is 4.42 Å². The minimum Gasteiger partial charge on any atom is -0.467 e. The summed E-state index contributed by atoms with van der Waals surface area (Å²) in [5.41, 5.74) is 0.0471. The summed E-state index contributed by atoms with van der Waals surface area (Å²) >= 11 is 1.59. The van der Waals surface area contributed by atoms with Gasteiger partial charge in [-0.15, -0.1) is 10.2 Å². The number of hydrogen-bond donors (Lipinski definition) is 1. The number of nitrogens with zero attached hydrogens (tertiary/aromatic N) is 2. The zero-order chi connectivity index (χ0) is 12.5. The van der Waals surface area contributed by atoms with Crippen molar-refractivity contribution >= 4 is 16.5 Å². The smallest absolute Gasteiger partial charge is 0.206 e. The molecule has 5 heteroatoms. The van der Waals surface area contributed by atoms with Gasteiger partial charge in [0.15, 0.2) is 0 Å². The minimum atomic E-state index is 0.0471. The maximum absolute atomic E-state index is 5.34. The van der Waals surface area contributed by atoms with E-state index in [1.165, 1.54) is 0 Å². The molecule has 0 saturated heterocycles. The van der Waals surface area contributed by atoms with Gasteiger partial charge in [0, 0.05) is 5.41 Å². The fourth-order valence-electron chi connectivity index (χ4n) is 1.38. The van der Waals surface area contributed by atoms with E-state index in [1.54, 1.807) is 17.6 Å². The highest BCUT2D eigenvalue weighted by Crippen LogP contribution is 2.29. The summed E-state index contributed by atoms with van der Waals surface area (Å²) in [5.74, 6) is 0.900. The van der Waals surface area contributed by atoms with E-state index in [9.17, 15) is 0 Å². The first-order valence-corrected chi connectivity index (χ1v) is 6.42. The van der Waals surface area contributed by atoms with Crippen molar-refractivity contribution in [2.75, 3.05) is 5.32 Å². The van der Waals surface area contributed by atoms with E-state index < -0.39 is 0 Å². The van der Waals surface area contributed by atoms with Gasteiger partial charge in [-0.3, -0.25) is 0 Å². The molecule has 1 N–H and O–H groups in total. The van der Waals surface area contributed by atoms with E-state index in [2.05, 4.69) is 36.3 Å². The average Bonchev–Trinajstić information content (AvgIpc) is 2.85. The Hall–Kier alpha value is -1.36. The van der Waals surface area contributed by atoms with Crippen molar-refractivity contribution in [3.63, 3.8) is 0 Å². The van der Waals surface area contributed by atoms with E-state index in [0.29, 0.717) is 0 Å². The molecule has 2 rings (SSSR count). The van der Waals surface area contributed by atoms with Gasteiger partial charge in [-0.05, 0) is 19.1 Å². The number of aromatic nitrogens is 2. The van der Waals surface area contributed by atoms with Crippen molar-refractivity contribution < 1.29 is 4.42 Å². The van der Waals surface area contributed by atoms with Gasteiger partial charge in [-0.1, -0.05) is 32.1 Å². The predicted molar refractivity (Wildman–Crippen MR) is 69.4 cm³/mol. The van der Waals surface area contributed by atoms with Crippen LogP contribution in [0.25, 0.3) is 0 Å². The van der Waals surface area contributed by atoms with Gasteiger partial charge >= 0.3 is 0 Å². The number of hydrogen-bond acceptors (Lipinski definition) is 5. The normalized spacial score (nSPS) is 13.6. The Kier molecular flexibility index (Phi) is 3.19. The summed E-state index contributed by atoms with van der Waals surface area (Å²) in [5, 5.41) is 13.5. The zero-order valence-corrected chi connectivity index (χ0v) is 11.3. The van der Waals surface area contributed by atoms with Crippen LogP contribution in [-0.2, 0) is 5.41 Å². The minimum absolute atomic E-state index is 0.0471. The lowest BCUT2D eigenvalue weighted by Gasteiger charge is -2.12. The molecule has 0 amide bonds. The fraction of sp³-hybridized carbons (Fsp3) is 0.500. The van der Waals surface area contributed by atoms with Crippen molar-refractivity contribution in [3.8, 4) is 0 Å². The molecule has 0 spiro atoms. The topological polar surface area (TPSA) is 51.0 Å². The molecule has 0 aliphatic carbocycles. The third-order valence-corrected chi connectivity index (χ3v) is 3.66. The molecule has 0 saturated carbocycles. The molecule has 1 unspecified atom stereocenters. The van der Waals surface area contributed by atoms with Crippen LogP contribution in [0, 0.1) is 0 Å². The van der Waals surface area contributed by atoms with Crippen LogP contribution in [0.15, 0.2) is 22.8 Å². The Bertz CT molecular complexity index is 470. The van der Waals surface area contributed by atoms with Gasteiger partial charge in [0.05, 0.1) is 12.3 Å². The first-order chi connectivity index (χ1) is 7.97. The van der Waals surface area contributed by atoms with Crippen molar-refractivity contribution in [3.05, 3.63) is 29.2 Å². The maximum Gasteiger partial charge on any atom is 0.206 e. The average molecular weight is 251 g/mol. The third-order valence-electron chi connectivity index (χ3n) is 2.38. The molecule has 17 heavy (non-hydrogen) atoms. The second kappa shape index (κ2) is 4.49. The van der Waals surface area contributed by atoms with Crippen LogP contribution in [0.3, 0.4) is 0 Å². The molecule has 0 bridgehead atoms.